The van der Waals surface area contributed by atoms with Crippen LogP contribution in [0.1, 0.15) is 27.8 Å². The van der Waals surface area contributed by atoms with Crippen molar-refractivity contribution in [1.82, 2.24) is 9.78 Å². The number of nitrogens with zero attached hydrogens (tertiary/aromatic N) is 3. The molecule has 0 fully saturated rings. The Hall–Kier alpha value is -4.81. The molecule has 35 heavy (non-hydrogen) atoms. The lowest BCUT2D eigenvalue weighted by molar-refractivity contribution is -0.385. The molecule has 0 bridgehead atoms. The normalized spacial score (nSPS) is 10.4. The number of nitrogens with one attached hydrogen (secondary N) is 1. The number of nitro benzene ring substituents is 1. The van der Waals surface area contributed by atoms with E-state index in [0.29, 0.717) is 0 Å². The van der Waals surface area contributed by atoms with Gasteiger partial charge in [-0.15, -0.1) is 0 Å². The Morgan fingerprint density at radius 3 is 2.31 bits per heavy atom. The maximum atomic E-state index is 13.3. The molecule has 0 radical (unpaired) electrons. The maximum absolute atomic E-state index is 13.3. The highest BCUT2D eigenvalue weighted by Gasteiger charge is 2.27. The highest BCUT2D eigenvalue weighted by Crippen LogP contribution is 2.35. The van der Waals surface area contributed by atoms with Crippen molar-refractivity contribution in [3.05, 3.63) is 80.0 Å². The van der Waals surface area contributed by atoms with Crippen molar-refractivity contribution < 1.29 is 33.1 Å². The van der Waals surface area contributed by atoms with Crippen molar-refractivity contribution in [3.8, 4) is 17.2 Å². The van der Waals surface area contributed by atoms with Crippen LogP contribution >= 0.6 is 0 Å². The Kier molecular flexibility index (Phi) is 7.39. The number of hydrogen-bond donors (Lipinski definition) is 1. The molecule has 12 nitrogen and oxygen atoms in total. The summed E-state index contributed by atoms with van der Waals surface area (Å²) in [6.07, 6.45) is 0. The number of ether oxygens (including phenoxy) is 3. The van der Waals surface area contributed by atoms with E-state index >= 15 is 0 Å². The van der Waals surface area contributed by atoms with Crippen LogP contribution in [0.5, 0.6) is 11.5 Å². The van der Waals surface area contributed by atoms with Gasteiger partial charge in [0, 0.05) is 12.1 Å². The summed E-state index contributed by atoms with van der Waals surface area (Å²) >= 11 is 0. The first-order valence-electron chi connectivity index (χ1n) is 9.99. The molecule has 0 aliphatic carbocycles. The molecule has 13 heteroatoms. The van der Waals surface area contributed by atoms with Crippen molar-refractivity contribution in [2.75, 3.05) is 26.1 Å². The molecule has 3 aromatic rings. The Morgan fingerprint density at radius 2 is 1.74 bits per heavy atom. The third-order valence-electron chi connectivity index (χ3n) is 4.66. The van der Waals surface area contributed by atoms with Gasteiger partial charge in [0.1, 0.15) is 11.4 Å². The Morgan fingerprint density at radius 1 is 1.11 bits per heavy atom. The average molecular weight is 486 g/mol. The van der Waals surface area contributed by atoms with Crippen LogP contribution in [0.4, 0.5) is 15.8 Å². The average Bonchev–Trinajstić information content (AvgIpc) is 2.83. The molecule has 0 saturated carbocycles. The number of rotatable bonds is 8. The van der Waals surface area contributed by atoms with E-state index in [-0.39, 0.29) is 29.5 Å². The minimum absolute atomic E-state index is 0.0199. The van der Waals surface area contributed by atoms with Gasteiger partial charge in [-0.2, -0.15) is 9.78 Å². The number of nitro groups is 1. The summed E-state index contributed by atoms with van der Waals surface area (Å²) in [6.45, 7) is 1.50. The third-order valence-corrected chi connectivity index (χ3v) is 4.66. The smallest absolute Gasteiger partial charge is 0.360 e. The zero-order valence-electron chi connectivity index (χ0n) is 18.7. The number of carbonyl (C=O) groups excluding carboxylic acids is 2. The predicted molar refractivity (Wildman–Crippen MR) is 120 cm³/mol. The van der Waals surface area contributed by atoms with Gasteiger partial charge in [-0.05, 0) is 31.2 Å². The lowest BCUT2D eigenvalue weighted by Crippen LogP contribution is -2.27. The molecule has 0 atom stereocenters. The number of halogens is 1. The summed E-state index contributed by atoms with van der Waals surface area (Å²) in [6, 6.07) is 7.72. The van der Waals surface area contributed by atoms with Crippen LogP contribution in [0.25, 0.3) is 5.69 Å². The van der Waals surface area contributed by atoms with Crippen LogP contribution in [0.2, 0.25) is 0 Å². The van der Waals surface area contributed by atoms with Crippen LogP contribution < -0.4 is 20.3 Å². The van der Waals surface area contributed by atoms with Gasteiger partial charge >= 0.3 is 5.97 Å². The Labute approximate surface area is 197 Å². The third kappa shape index (κ3) is 5.24. The fraction of sp³-hybridized carbons (Fsp3) is 0.182. The van der Waals surface area contributed by atoms with Gasteiger partial charge in [-0.3, -0.25) is 19.7 Å². The number of carbonyl (C=O) groups is 2. The van der Waals surface area contributed by atoms with E-state index < -0.39 is 45.1 Å². The van der Waals surface area contributed by atoms with Crippen molar-refractivity contribution in [1.29, 1.82) is 0 Å². The van der Waals surface area contributed by atoms with Gasteiger partial charge < -0.3 is 19.5 Å². The van der Waals surface area contributed by atoms with Crippen molar-refractivity contribution in [3.63, 3.8) is 0 Å². The van der Waals surface area contributed by atoms with Gasteiger partial charge in [0.15, 0.2) is 17.2 Å². The standard InChI is InChI=1S/C22H19FN4O8/c1-4-35-22(30)20-15(10-19(28)26(25-20)13-7-5-12(23)6-8-13)24-21(29)14-9-17(33-2)18(34-3)11-16(14)27(31)32/h5-11H,4H2,1-3H3,(H,24,29). The number of benzene rings is 2. The number of amides is 1. The second-order valence-corrected chi connectivity index (χ2v) is 6.79. The molecule has 1 amide bonds. The molecule has 0 aliphatic heterocycles. The van der Waals surface area contributed by atoms with Crippen LogP contribution in [-0.2, 0) is 4.74 Å². The molecule has 0 spiro atoms. The molecule has 0 saturated heterocycles. The van der Waals surface area contributed by atoms with Crippen LogP contribution in [-0.4, -0.2) is 47.4 Å². The number of aromatic nitrogens is 2. The van der Waals surface area contributed by atoms with Crippen molar-refractivity contribution in [2.45, 2.75) is 6.92 Å². The van der Waals surface area contributed by atoms with E-state index in [1.165, 1.54) is 26.4 Å². The number of methoxy groups -OCH3 is 2. The fourth-order valence-electron chi connectivity index (χ4n) is 3.06. The highest BCUT2D eigenvalue weighted by molar-refractivity contribution is 6.09. The van der Waals surface area contributed by atoms with E-state index in [9.17, 15) is 28.9 Å². The van der Waals surface area contributed by atoms with Gasteiger partial charge in [0.2, 0.25) is 0 Å². The minimum Gasteiger partial charge on any atom is -0.493 e. The first-order chi connectivity index (χ1) is 16.7. The molecular formula is C22H19FN4O8. The molecule has 3 rings (SSSR count). The van der Waals surface area contributed by atoms with Gasteiger partial charge in [0.25, 0.3) is 17.2 Å². The highest BCUT2D eigenvalue weighted by atomic mass is 19.1. The predicted octanol–water partition coefficient (Wildman–Crippen LogP) is 2.73. The topological polar surface area (TPSA) is 152 Å². The first kappa shape index (κ1) is 24.8. The minimum atomic E-state index is -1.02. The van der Waals surface area contributed by atoms with E-state index in [2.05, 4.69) is 10.4 Å². The largest absolute Gasteiger partial charge is 0.493 e. The van der Waals surface area contributed by atoms with E-state index in [4.69, 9.17) is 14.2 Å². The molecule has 0 unspecified atom stereocenters. The zero-order chi connectivity index (χ0) is 25.7. The van der Waals surface area contributed by atoms with E-state index in [1.54, 1.807) is 6.92 Å². The van der Waals surface area contributed by atoms with E-state index in [1.807, 2.05) is 0 Å². The summed E-state index contributed by atoms with van der Waals surface area (Å²) < 4.78 is 29.2. The lowest BCUT2D eigenvalue weighted by Gasteiger charge is -2.13. The maximum Gasteiger partial charge on any atom is 0.360 e. The number of esters is 1. The van der Waals surface area contributed by atoms with Crippen LogP contribution in [0.15, 0.2) is 47.3 Å². The monoisotopic (exact) mass is 486 g/mol. The Balaban J connectivity index is 2.11. The molecule has 182 valence electrons. The SMILES string of the molecule is CCOC(=O)c1nn(-c2ccc(F)cc2)c(=O)cc1NC(=O)c1cc(OC)c(OC)cc1[N+](=O)[O-]. The molecular weight excluding hydrogens is 467 g/mol. The second kappa shape index (κ2) is 10.4. The number of hydrogen-bond acceptors (Lipinski definition) is 9. The fourth-order valence-corrected chi connectivity index (χ4v) is 3.06. The van der Waals surface area contributed by atoms with E-state index in [0.717, 1.165) is 35.0 Å². The van der Waals surface area contributed by atoms with Gasteiger partial charge in [-0.1, -0.05) is 0 Å². The second-order valence-electron chi connectivity index (χ2n) is 6.79. The quantitative estimate of drug-likeness (QED) is 0.288. The van der Waals surface area contributed by atoms with Crippen LogP contribution in [0.3, 0.4) is 0 Å². The lowest BCUT2D eigenvalue weighted by atomic mass is 10.1. The summed E-state index contributed by atoms with van der Waals surface area (Å²) in [5, 5.41) is 17.8. The molecule has 2 aromatic carbocycles. The number of anilines is 1. The van der Waals surface area contributed by atoms with Crippen LogP contribution in [0, 0.1) is 15.9 Å². The Bertz CT molecular complexity index is 1350. The molecule has 0 aliphatic rings. The first-order valence-corrected chi connectivity index (χ1v) is 9.99. The molecule has 1 N–H and O–H groups in total. The summed E-state index contributed by atoms with van der Waals surface area (Å²) in [7, 11) is 2.55. The van der Waals surface area contributed by atoms with Gasteiger partial charge in [0.05, 0.1) is 43.2 Å². The molecule has 1 aromatic heterocycles. The van der Waals surface area contributed by atoms with Crippen molar-refractivity contribution in [2.24, 2.45) is 0 Å². The summed E-state index contributed by atoms with van der Waals surface area (Å²) in [5.41, 5.74) is -2.46. The van der Waals surface area contributed by atoms with Crippen molar-refractivity contribution >= 4 is 23.3 Å². The zero-order valence-corrected chi connectivity index (χ0v) is 18.7. The summed E-state index contributed by atoms with van der Waals surface area (Å²) in [4.78, 5) is 49.0. The molecule has 1 heterocycles. The van der Waals surface area contributed by atoms with Gasteiger partial charge in [-0.25, -0.2) is 9.18 Å². The summed E-state index contributed by atoms with van der Waals surface area (Å²) in [5.74, 6) is -2.48.